The number of fused-ring (bicyclic) bond motifs is 1. The first-order valence-corrected chi connectivity index (χ1v) is 10.9. The smallest absolute Gasteiger partial charge is 0.325 e. The number of pyridine rings is 2. The molecule has 4 aromatic rings. The third-order valence-corrected chi connectivity index (χ3v) is 5.44. The zero-order chi connectivity index (χ0) is 23.2. The fourth-order valence-corrected chi connectivity index (χ4v) is 3.69. The van der Waals surface area contributed by atoms with Gasteiger partial charge in [-0.2, -0.15) is 0 Å². The average Bonchev–Trinajstić information content (AvgIpc) is 2.84. The Morgan fingerprint density at radius 1 is 0.939 bits per heavy atom. The summed E-state index contributed by atoms with van der Waals surface area (Å²) in [5, 5.41) is 2.83. The van der Waals surface area contributed by atoms with Crippen LogP contribution >= 0.6 is 0 Å². The standard InChI is InChI=1S/C25H25N5O3/c1-2-3-5-18-7-9-20(10-8-18)28-22(31)17-29-21-6-4-13-27-23(21)24(32)30(25(29)33)16-19-11-14-26-15-12-19/h4,6-15H,2-3,5,16-17H2,1H3,(H,28,31). The molecule has 1 aromatic carbocycles. The van der Waals surface area contributed by atoms with Gasteiger partial charge in [0, 0.05) is 24.3 Å². The minimum Gasteiger partial charge on any atom is -0.325 e. The van der Waals surface area contributed by atoms with E-state index in [1.165, 1.54) is 16.3 Å². The minimum atomic E-state index is -0.567. The van der Waals surface area contributed by atoms with E-state index in [1.54, 1.807) is 36.7 Å². The fraction of sp³-hybridized carbons (Fsp3) is 0.240. The van der Waals surface area contributed by atoms with E-state index in [4.69, 9.17) is 0 Å². The number of carbonyl (C=O) groups excluding carboxylic acids is 1. The molecule has 0 fully saturated rings. The molecule has 168 valence electrons. The van der Waals surface area contributed by atoms with Gasteiger partial charge in [-0.1, -0.05) is 25.5 Å². The molecule has 0 saturated carbocycles. The van der Waals surface area contributed by atoms with Crippen molar-refractivity contribution in [1.82, 2.24) is 19.1 Å². The molecular formula is C25H25N5O3. The highest BCUT2D eigenvalue weighted by Gasteiger charge is 2.16. The second-order valence-corrected chi connectivity index (χ2v) is 7.84. The van der Waals surface area contributed by atoms with Crippen LogP contribution in [0, 0.1) is 0 Å². The second kappa shape index (κ2) is 10.0. The molecular weight excluding hydrogens is 418 g/mol. The number of hydrogen-bond donors (Lipinski definition) is 1. The summed E-state index contributed by atoms with van der Waals surface area (Å²) in [6.07, 6.45) is 7.93. The van der Waals surface area contributed by atoms with Crippen molar-refractivity contribution in [1.29, 1.82) is 0 Å². The van der Waals surface area contributed by atoms with Crippen molar-refractivity contribution in [2.75, 3.05) is 5.32 Å². The maximum Gasteiger partial charge on any atom is 0.332 e. The quantitative estimate of drug-likeness (QED) is 0.451. The molecule has 3 heterocycles. The van der Waals surface area contributed by atoms with Crippen molar-refractivity contribution >= 4 is 22.6 Å². The normalized spacial score (nSPS) is 10.9. The first-order chi connectivity index (χ1) is 16.1. The molecule has 0 radical (unpaired) electrons. The molecule has 0 aliphatic carbocycles. The van der Waals surface area contributed by atoms with Crippen molar-refractivity contribution in [2.45, 2.75) is 39.3 Å². The van der Waals surface area contributed by atoms with Crippen molar-refractivity contribution in [3.8, 4) is 0 Å². The topological polar surface area (TPSA) is 98.9 Å². The summed E-state index contributed by atoms with van der Waals surface area (Å²) in [4.78, 5) is 47.1. The van der Waals surface area contributed by atoms with Crippen LogP contribution in [0.15, 0.2) is 76.7 Å². The number of anilines is 1. The first-order valence-electron chi connectivity index (χ1n) is 10.9. The lowest BCUT2D eigenvalue weighted by molar-refractivity contribution is -0.116. The van der Waals surface area contributed by atoms with Gasteiger partial charge in [0.1, 0.15) is 6.54 Å². The molecule has 4 rings (SSSR count). The summed E-state index contributed by atoms with van der Waals surface area (Å²) in [7, 11) is 0. The third-order valence-electron chi connectivity index (χ3n) is 5.44. The van der Waals surface area contributed by atoms with Crippen molar-refractivity contribution in [2.24, 2.45) is 0 Å². The van der Waals surface area contributed by atoms with E-state index < -0.39 is 11.2 Å². The van der Waals surface area contributed by atoms with Crippen molar-refractivity contribution in [3.63, 3.8) is 0 Å². The number of nitrogens with one attached hydrogen (secondary N) is 1. The maximum absolute atomic E-state index is 13.2. The summed E-state index contributed by atoms with van der Waals surface area (Å²) < 4.78 is 2.39. The average molecular weight is 444 g/mol. The molecule has 8 heteroatoms. The van der Waals surface area contributed by atoms with Gasteiger partial charge in [0.15, 0.2) is 5.52 Å². The largest absolute Gasteiger partial charge is 0.332 e. The molecule has 0 atom stereocenters. The highest BCUT2D eigenvalue weighted by molar-refractivity contribution is 5.91. The molecule has 8 nitrogen and oxygen atoms in total. The van der Waals surface area contributed by atoms with Gasteiger partial charge in [0.05, 0.1) is 12.1 Å². The Balaban J connectivity index is 1.63. The third kappa shape index (κ3) is 5.06. The molecule has 0 aliphatic heterocycles. The van der Waals surface area contributed by atoms with E-state index in [2.05, 4.69) is 22.2 Å². The monoisotopic (exact) mass is 443 g/mol. The molecule has 0 bridgehead atoms. The molecule has 0 aliphatic rings. The number of aromatic nitrogens is 4. The Kier molecular flexibility index (Phi) is 6.73. The van der Waals surface area contributed by atoms with Gasteiger partial charge in [-0.15, -0.1) is 0 Å². The van der Waals surface area contributed by atoms with E-state index in [9.17, 15) is 14.4 Å². The highest BCUT2D eigenvalue weighted by Crippen LogP contribution is 2.12. The number of unbranched alkanes of at least 4 members (excludes halogenated alkanes) is 1. The van der Waals surface area contributed by atoms with Crippen LogP contribution in [0.5, 0.6) is 0 Å². The van der Waals surface area contributed by atoms with Gasteiger partial charge in [-0.25, -0.2) is 9.78 Å². The summed E-state index contributed by atoms with van der Waals surface area (Å²) >= 11 is 0. The molecule has 0 unspecified atom stereocenters. The van der Waals surface area contributed by atoms with E-state index >= 15 is 0 Å². The number of aryl methyl sites for hydroxylation is 1. The Bertz CT molecular complexity index is 1380. The van der Waals surface area contributed by atoms with Gasteiger partial charge in [-0.3, -0.25) is 23.7 Å². The van der Waals surface area contributed by atoms with Gasteiger partial charge < -0.3 is 5.32 Å². The van der Waals surface area contributed by atoms with Crippen molar-refractivity contribution in [3.05, 3.63) is 99.1 Å². The van der Waals surface area contributed by atoms with E-state index in [-0.39, 0.29) is 24.5 Å². The molecule has 3 aromatic heterocycles. The Morgan fingerprint density at radius 2 is 1.70 bits per heavy atom. The van der Waals surface area contributed by atoms with Gasteiger partial charge in [0.25, 0.3) is 5.56 Å². The molecule has 1 N–H and O–H groups in total. The molecule has 33 heavy (non-hydrogen) atoms. The number of hydrogen-bond acceptors (Lipinski definition) is 5. The van der Waals surface area contributed by atoms with Crippen molar-refractivity contribution < 1.29 is 4.79 Å². The Hall–Kier alpha value is -4.07. The van der Waals surface area contributed by atoms with Crippen LogP contribution in [0.4, 0.5) is 5.69 Å². The van der Waals surface area contributed by atoms with Gasteiger partial charge in [-0.05, 0) is 60.4 Å². The van der Waals surface area contributed by atoms with Gasteiger partial charge in [0.2, 0.25) is 5.91 Å². The lowest BCUT2D eigenvalue weighted by Gasteiger charge is -2.14. The van der Waals surface area contributed by atoms with Crippen LogP contribution in [0.2, 0.25) is 0 Å². The SMILES string of the molecule is CCCCc1ccc(NC(=O)Cn2c(=O)n(Cc3ccncc3)c(=O)c3ncccc32)cc1. The van der Waals surface area contributed by atoms with Crippen LogP contribution in [0.3, 0.4) is 0 Å². The van der Waals surface area contributed by atoms with E-state index in [0.717, 1.165) is 29.4 Å². The van der Waals surface area contributed by atoms with Gasteiger partial charge >= 0.3 is 5.69 Å². The first kappa shape index (κ1) is 22.1. The summed E-state index contributed by atoms with van der Waals surface area (Å²) in [6.45, 7) is 1.97. The fourth-order valence-electron chi connectivity index (χ4n) is 3.69. The van der Waals surface area contributed by atoms with Crippen LogP contribution in [-0.4, -0.2) is 25.0 Å². The molecule has 0 saturated heterocycles. The summed E-state index contributed by atoms with van der Waals surface area (Å²) in [5.74, 6) is -0.363. The van der Waals surface area contributed by atoms with Crippen LogP contribution in [-0.2, 0) is 24.3 Å². The zero-order valence-corrected chi connectivity index (χ0v) is 18.4. The number of carbonyl (C=O) groups is 1. The number of amides is 1. The lowest BCUT2D eigenvalue weighted by atomic mass is 10.1. The lowest BCUT2D eigenvalue weighted by Crippen LogP contribution is -2.42. The number of benzene rings is 1. The second-order valence-electron chi connectivity index (χ2n) is 7.84. The molecule has 0 spiro atoms. The van der Waals surface area contributed by atoms with E-state index in [1.807, 2.05) is 24.3 Å². The predicted molar refractivity (Wildman–Crippen MR) is 127 cm³/mol. The minimum absolute atomic E-state index is 0.0630. The van der Waals surface area contributed by atoms with Crippen LogP contribution in [0.1, 0.15) is 30.9 Å². The zero-order valence-electron chi connectivity index (χ0n) is 18.4. The number of nitrogens with zero attached hydrogens (tertiary/aromatic N) is 4. The van der Waals surface area contributed by atoms with Crippen LogP contribution < -0.4 is 16.6 Å². The Morgan fingerprint density at radius 3 is 2.42 bits per heavy atom. The summed E-state index contributed by atoms with van der Waals surface area (Å²) in [6, 6.07) is 14.4. The highest BCUT2D eigenvalue weighted by atomic mass is 16.2. The maximum atomic E-state index is 13.2. The Labute approximate surface area is 190 Å². The van der Waals surface area contributed by atoms with Crippen LogP contribution in [0.25, 0.3) is 11.0 Å². The molecule has 1 amide bonds. The van der Waals surface area contributed by atoms with E-state index in [0.29, 0.717) is 11.2 Å². The summed E-state index contributed by atoms with van der Waals surface area (Å²) in [5.41, 5.74) is 2.02. The number of rotatable bonds is 8. The predicted octanol–water partition coefficient (Wildman–Crippen LogP) is 2.98.